The third kappa shape index (κ3) is 3.84. The summed E-state index contributed by atoms with van der Waals surface area (Å²) < 4.78 is 0. The van der Waals surface area contributed by atoms with E-state index in [2.05, 4.69) is 5.32 Å². The van der Waals surface area contributed by atoms with Gasteiger partial charge in [-0.25, -0.2) is 4.79 Å². The van der Waals surface area contributed by atoms with Crippen LogP contribution in [-0.4, -0.2) is 71.3 Å². The smallest absolute Gasteiger partial charge is 0.317 e. The highest BCUT2D eigenvalue weighted by Gasteiger charge is 2.44. The molecule has 0 aliphatic carbocycles. The summed E-state index contributed by atoms with van der Waals surface area (Å²) in [6.45, 7) is 5.74. The molecule has 3 aliphatic heterocycles. The Morgan fingerprint density at radius 3 is 2.39 bits per heavy atom. The molecule has 0 radical (unpaired) electrons. The SMILES string of the molecule is Cc1ccc(CNC(=O)N2CC(N3CC(C(=O)N4CCCC4)CC3=O)C2)cc1. The Balaban J connectivity index is 1.23. The maximum absolute atomic E-state index is 12.6. The molecule has 1 aromatic rings. The number of aryl methyl sites for hydroxylation is 1. The molecule has 4 rings (SSSR count). The Bertz CT molecular complexity index is 751. The molecule has 7 heteroatoms. The summed E-state index contributed by atoms with van der Waals surface area (Å²) >= 11 is 0. The molecule has 4 amide bonds. The van der Waals surface area contributed by atoms with Crippen molar-refractivity contribution in [3.05, 3.63) is 35.4 Å². The summed E-state index contributed by atoms with van der Waals surface area (Å²) in [5, 5.41) is 2.93. The van der Waals surface area contributed by atoms with Crippen LogP contribution in [0, 0.1) is 12.8 Å². The number of urea groups is 1. The van der Waals surface area contributed by atoms with Crippen molar-refractivity contribution in [3.63, 3.8) is 0 Å². The lowest BCUT2D eigenvalue weighted by Crippen LogP contribution is -2.63. The number of benzene rings is 1. The predicted octanol–water partition coefficient (Wildman–Crippen LogP) is 1.36. The monoisotopic (exact) mass is 384 g/mol. The van der Waals surface area contributed by atoms with E-state index in [9.17, 15) is 14.4 Å². The Hall–Kier alpha value is -2.57. The van der Waals surface area contributed by atoms with E-state index in [1.165, 1.54) is 5.56 Å². The highest BCUT2D eigenvalue weighted by atomic mass is 16.2. The molecule has 0 aromatic heterocycles. The van der Waals surface area contributed by atoms with E-state index in [1.54, 1.807) is 4.90 Å². The molecule has 1 aromatic carbocycles. The topological polar surface area (TPSA) is 73.0 Å². The van der Waals surface area contributed by atoms with Crippen LogP contribution in [0.15, 0.2) is 24.3 Å². The maximum atomic E-state index is 12.6. The van der Waals surface area contributed by atoms with Crippen LogP contribution in [0.3, 0.4) is 0 Å². The van der Waals surface area contributed by atoms with E-state index in [0.29, 0.717) is 32.6 Å². The second-order valence-electron chi connectivity index (χ2n) is 8.18. The highest BCUT2D eigenvalue weighted by Crippen LogP contribution is 2.27. The minimum absolute atomic E-state index is 0.0361. The van der Waals surface area contributed by atoms with Crippen molar-refractivity contribution < 1.29 is 14.4 Å². The third-order valence-electron chi connectivity index (χ3n) is 6.08. The Morgan fingerprint density at radius 1 is 1.04 bits per heavy atom. The van der Waals surface area contributed by atoms with E-state index in [4.69, 9.17) is 0 Å². The third-order valence-corrected chi connectivity index (χ3v) is 6.08. The lowest BCUT2D eigenvalue weighted by atomic mass is 10.1. The number of amides is 4. The van der Waals surface area contributed by atoms with E-state index in [-0.39, 0.29) is 29.8 Å². The van der Waals surface area contributed by atoms with Crippen molar-refractivity contribution in [3.8, 4) is 0 Å². The normalized spacial score (nSPS) is 22.5. The van der Waals surface area contributed by atoms with Crippen molar-refractivity contribution in [2.75, 3.05) is 32.7 Å². The van der Waals surface area contributed by atoms with Crippen molar-refractivity contribution in [1.82, 2.24) is 20.0 Å². The minimum Gasteiger partial charge on any atom is -0.342 e. The predicted molar refractivity (Wildman–Crippen MR) is 104 cm³/mol. The molecule has 7 nitrogen and oxygen atoms in total. The molecule has 150 valence electrons. The van der Waals surface area contributed by atoms with E-state index < -0.39 is 0 Å². The van der Waals surface area contributed by atoms with E-state index in [0.717, 1.165) is 31.5 Å². The molecule has 0 saturated carbocycles. The van der Waals surface area contributed by atoms with Crippen LogP contribution in [-0.2, 0) is 16.1 Å². The van der Waals surface area contributed by atoms with Gasteiger partial charge in [-0.2, -0.15) is 0 Å². The molecule has 0 spiro atoms. The Labute approximate surface area is 165 Å². The first kappa shape index (κ1) is 18.8. The quantitative estimate of drug-likeness (QED) is 0.852. The zero-order valence-electron chi connectivity index (χ0n) is 16.4. The van der Waals surface area contributed by atoms with Gasteiger partial charge in [0.1, 0.15) is 0 Å². The summed E-state index contributed by atoms with van der Waals surface area (Å²) in [7, 11) is 0. The molecule has 3 aliphatic rings. The van der Waals surface area contributed by atoms with Gasteiger partial charge in [0.15, 0.2) is 0 Å². The van der Waals surface area contributed by atoms with Gasteiger partial charge >= 0.3 is 6.03 Å². The number of carbonyl (C=O) groups is 3. The minimum atomic E-state index is -0.213. The van der Waals surface area contributed by atoms with Crippen LogP contribution in [0.2, 0.25) is 0 Å². The zero-order chi connectivity index (χ0) is 19.7. The van der Waals surface area contributed by atoms with Crippen LogP contribution in [0.5, 0.6) is 0 Å². The Morgan fingerprint density at radius 2 is 1.71 bits per heavy atom. The van der Waals surface area contributed by atoms with Gasteiger partial charge in [0, 0.05) is 45.7 Å². The van der Waals surface area contributed by atoms with Crippen molar-refractivity contribution in [2.45, 2.75) is 38.8 Å². The molecule has 1 atom stereocenters. The van der Waals surface area contributed by atoms with Crippen molar-refractivity contribution in [1.29, 1.82) is 0 Å². The first-order valence-electron chi connectivity index (χ1n) is 10.2. The summed E-state index contributed by atoms with van der Waals surface area (Å²) in [5.41, 5.74) is 2.26. The second-order valence-corrected chi connectivity index (χ2v) is 8.18. The maximum Gasteiger partial charge on any atom is 0.317 e. The lowest BCUT2D eigenvalue weighted by molar-refractivity contribution is -0.135. The lowest BCUT2D eigenvalue weighted by Gasteiger charge is -2.43. The van der Waals surface area contributed by atoms with E-state index >= 15 is 0 Å². The largest absolute Gasteiger partial charge is 0.342 e. The van der Waals surface area contributed by atoms with Crippen LogP contribution < -0.4 is 5.32 Å². The number of likely N-dealkylation sites (tertiary alicyclic amines) is 3. The number of nitrogens with one attached hydrogen (secondary N) is 1. The molecule has 1 N–H and O–H groups in total. The second kappa shape index (κ2) is 7.81. The average Bonchev–Trinajstić information content (AvgIpc) is 3.30. The van der Waals surface area contributed by atoms with Crippen molar-refractivity contribution in [2.24, 2.45) is 5.92 Å². The molecule has 0 bridgehead atoms. The van der Waals surface area contributed by atoms with Gasteiger partial charge in [0.25, 0.3) is 0 Å². The van der Waals surface area contributed by atoms with Gasteiger partial charge in [-0.15, -0.1) is 0 Å². The van der Waals surface area contributed by atoms with Gasteiger partial charge in [0.05, 0.1) is 12.0 Å². The average molecular weight is 384 g/mol. The standard InChI is InChI=1S/C21H28N4O3/c1-15-4-6-16(7-5-15)11-22-21(28)24-13-18(14-24)25-12-17(10-19(25)26)20(27)23-8-2-3-9-23/h4-7,17-18H,2-3,8-14H2,1H3,(H,22,28). The molecule has 3 fully saturated rings. The summed E-state index contributed by atoms with van der Waals surface area (Å²) in [4.78, 5) is 42.7. The number of carbonyl (C=O) groups excluding carboxylic acids is 3. The fourth-order valence-electron chi connectivity index (χ4n) is 4.26. The fraction of sp³-hybridized carbons (Fsp3) is 0.571. The van der Waals surface area contributed by atoms with Crippen molar-refractivity contribution >= 4 is 17.8 Å². The van der Waals surface area contributed by atoms with Gasteiger partial charge in [-0.1, -0.05) is 29.8 Å². The summed E-state index contributed by atoms with van der Waals surface area (Å²) in [5.74, 6) is -0.0438. The van der Waals surface area contributed by atoms with E-state index in [1.807, 2.05) is 41.0 Å². The highest BCUT2D eigenvalue weighted by molar-refractivity contribution is 5.89. The van der Waals surface area contributed by atoms with Gasteiger partial charge < -0.3 is 20.0 Å². The summed E-state index contributed by atoms with van der Waals surface area (Å²) in [6, 6.07) is 8.01. The van der Waals surface area contributed by atoms with Gasteiger partial charge in [0.2, 0.25) is 11.8 Å². The van der Waals surface area contributed by atoms with Gasteiger partial charge in [-0.3, -0.25) is 9.59 Å². The van der Waals surface area contributed by atoms with Crippen LogP contribution in [0.25, 0.3) is 0 Å². The number of hydrogen-bond donors (Lipinski definition) is 1. The molecule has 3 heterocycles. The molecule has 1 unspecified atom stereocenters. The van der Waals surface area contributed by atoms with Crippen LogP contribution >= 0.6 is 0 Å². The molecular formula is C21H28N4O3. The number of rotatable bonds is 4. The first-order chi connectivity index (χ1) is 13.5. The fourth-order valence-corrected chi connectivity index (χ4v) is 4.26. The van der Waals surface area contributed by atoms with Crippen LogP contribution in [0.4, 0.5) is 4.79 Å². The van der Waals surface area contributed by atoms with Gasteiger partial charge in [-0.05, 0) is 25.3 Å². The number of nitrogens with zero attached hydrogens (tertiary/aromatic N) is 3. The number of hydrogen-bond acceptors (Lipinski definition) is 3. The van der Waals surface area contributed by atoms with Crippen LogP contribution in [0.1, 0.15) is 30.4 Å². The molecule has 3 saturated heterocycles. The Kier molecular flexibility index (Phi) is 5.24. The zero-order valence-corrected chi connectivity index (χ0v) is 16.4. The molecular weight excluding hydrogens is 356 g/mol. The first-order valence-corrected chi connectivity index (χ1v) is 10.2. The molecule has 28 heavy (non-hydrogen) atoms. The summed E-state index contributed by atoms with van der Waals surface area (Å²) in [6.07, 6.45) is 2.43.